The summed E-state index contributed by atoms with van der Waals surface area (Å²) in [6, 6.07) is 10.0. The Balaban J connectivity index is 2.16. The van der Waals surface area contributed by atoms with E-state index in [2.05, 4.69) is 4.98 Å². The SMILES string of the molecule is COCc1cc(OC(C)(F)P)ccc1-c1ccc2c(C#N)nc(C(F)(F)P)n2c1. The van der Waals surface area contributed by atoms with Crippen molar-refractivity contribution in [2.45, 2.75) is 24.8 Å². The van der Waals surface area contributed by atoms with Gasteiger partial charge in [0.25, 0.3) is 5.60 Å². The third-order valence-electron chi connectivity index (χ3n) is 4.05. The minimum Gasteiger partial charge on any atom is -0.455 e. The normalized spacial score (nSPS) is 13.9. The van der Waals surface area contributed by atoms with Crippen LogP contribution in [0.25, 0.3) is 16.6 Å². The summed E-state index contributed by atoms with van der Waals surface area (Å²) in [5.41, 5.74) is -3.09. The van der Waals surface area contributed by atoms with E-state index >= 15 is 0 Å². The van der Waals surface area contributed by atoms with E-state index in [0.29, 0.717) is 22.4 Å². The molecule has 3 rings (SSSR count). The molecule has 0 amide bonds. The Morgan fingerprint density at radius 3 is 2.52 bits per heavy atom. The van der Waals surface area contributed by atoms with E-state index in [9.17, 15) is 18.4 Å². The lowest BCUT2D eigenvalue weighted by Crippen LogP contribution is -2.16. The van der Waals surface area contributed by atoms with Gasteiger partial charge < -0.3 is 9.47 Å². The van der Waals surface area contributed by atoms with Gasteiger partial charge in [-0.25, -0.2) is 4.98 Å². The zero-order valence-corrected chi connectivity index (χ0v) is 17.9. The van der Waals surface area contributed by atoms with Crippen molar-refractivity contribution in [3.05, 3.63) is 53.6 Å². The second-order valence-corrected chi connectivity index (χ2v) is 8.29. The Bertz CT molecular complexity index is 1100. The lowest BCUT2D eigenvalue weighted by atomic mass is 10.0. The van der Waals surface area contributed by atoms with Crippen LogP contribution in [0.3, 0.4) is 0 Å². The van der Waals surface area contributed by atoms with Crippen LogP contribution >= 0.6 is 18.5 Å². The molecule has 0 saturated heterocycles. The summed E-state index contributed by atoms with van der Waals surface area (Å²) in [6.07, 6.45) is 1.49. The van der Waals surface area contributed by atoms with E-state index < -0.39 is 17.1 Å². The van der Waals surface area contributed by atoms with Crippen molar-refractivity contribution in [1.82, 2.24) is 9.38 Å². The van der Waals surface area contributed by atoms with Crippen molar-refractivity contribution in [3.8, 4) is 22.9 Å². The second kappa shape index (κ2) is 7.91. The van der Waals surface area contributed by atoms with Gasteiger partial charge in [-0.05, 0) is 34.9 Å². The number of pyridine rings is 1. The zero-order chi connectivity index (χ0) is 21.4. The molecule has 0 aliphatic heterocycles. The highest BCUT2D eigenvalue weighted by Crippen LogP contribution is 2.37. The maximum Gasteiger partial charge on any atom is 0.315 e. The Kier molecular flexibility index (Phi) is 5.87. The first-order valence-electron chi connectivity index (χ1n) is 8.42. The third kappa shape index (κ3) is 4.70. The molecule has 3 unspecified atom stereocenters. The van der Waals surface area contributed by atoms with E-state index in [4.69, 9.17) is 9.47 Å². The number of methoxy groups -OCH3 is 1. The maximum atomic E-state index is 14.0. The summed E-state index contributed by atoms with van der Waals surface area (Å²) < 4.78 is 53.4. The van der Waals surface area contributed by atoms with Gasteiger partial charge in [0.05, 0.1) is 12.1 Å². The number of nitrogens with zero attached hydrogens (tertiary/aromatic N) is 3. The molecule has 0 saturated carbocycles. The number of aromatic nitrogens is 2. The van der Waals surface area contributed by atoms with Gasteiger partial charge >= 0.3 is 5.66 Å². The van der Waals surface area contributed by atoms with Crippen LogP contribution < -0.4 is 4.74 Å². The molecular weight excluding hydrogens is 421 g/mol. The summed E-state index contributed by atoms with van der Waals surface area (Å²) >= 11 is 0. The molecule has 0 spiro atoms. The molecule has 3 aromatic rings. The molecule has 0 radical (unpaired) electrons. The summed E-state index contributed by atoms with van der Waals surface area (Å²) in [4.78, 5) is 3.77. The van der Waals surface area contributed by atoms with E-state index in [0.717, 1.165) is 0 Å². The minimum absolute atomic E-state index is 0.0859. The first-order chi connectivity index (χ1) is 13.5. The first-order valence-corrected chi connectivity index (χ1v) is 9.57. The van der Waals surface area contributed by atoms with Crippen LogP contribution in [-0.2, 0) is 17.0 Å². The van der Waals surface area contributed by atoms with Gasteiger partial charge in [0.1, 0.15) is 11.8 Å². The molecule has 0 fully saturated rings. The average molecular weight is 439 g/mol. The van der Waals surface area contributed by atoms with E-state index in [1.165, 1.54) is 33.9 Å². The van der Waals surface area contributed by atoms with E-state index in [1.807, 2.05) is 15.3 Å². The Morgan fingerprint density at radius 2 is 1.93 bits per heavy atom. The molecule has 3 atom stereocenters. The van der Waals surface area contributed by atoms with E-state index in [1.54, 1.807) is 30.3 Å². The third-order valence-corrected chi connectivity index (χ3v) is 4.42. The number of halogens is 3. The van der Waals surface area contributed by atoms with Gasteiger partial charge in [0.2, 0.25) is 0 Å². The number of ether oxygens (including phenoxy) is 2. The lowest BCUT2D eigenvalue weighted by Gasteiger charge is -2.19. The summed E-state index contributed by atoms with van der Waals surface area (Å²) in [5.74, 6) is -0.256. The number of imidazole rings is 1. The fourth-order valence-electron chi connectivity index (χ4n) is 2.98. The van der Waals surface area contributed by atoms with Gasteiger partial charge in [-0.1, -0.05) is 30.6 Å². The predicted molar refractivity (Wildman–Crippen MR) is 110 cm³/mol. The molecule has 10 heteroatoms. The van der Waals surface area contributed by atoms with Crippen molar-refractivity contribution < 1.29 is 22.6 Å². The Labute approximate surface area is 170 Å². The smallest absolute Gasteiger partial charge is 0.315 e. The average Bonchev–Trinajstić information content (AvgIpc) is 2.99. The molecule has 2 aromatic heterocycles. The lowest BCUT2D eigenvalue weighted by molar-refractivity contribution is 0.0470. The number of nitriles is 1. The number of rotatable bonds is 6. The van der Waals surface area contributed by atoms with Crippen molar-refractivity contribution in [2.75, 3.05) is 7.11 Å². The molecule has 0 aliphatic rings. The monoisotopic (exact) mass is 439 g/mol. The summed E-state index contributed by atoms with van der Waals surface area (Å²) in [5, 5.41) is 9.20. The van der Waals surface area contributed by atoms with Gasteiger partial charge in [-0.3, -0.25) is 4.40 Å². The van der Waals surface area contributed by atoms with Crippen LogP contribution in [0.5, 0.6) is 5.75 Å². The molecule has 2 heterocycles. The summed E-state index contributed by atoms with van der Waals surface area (Å²) in [6.45, 7) is 1.45. The number of hydrogen-bond donors (Lipinski definition) is 0. The van der Waals surface area contributed by atoms with Crippen molar-refractivity contribution in [1.29, 1.82) is 5.26 Å². The molecule has 1 aromatic carbocycles. The zero-order valence-electron chi connectivity index (χ0n) is 15.6. The number of alkyl halides is 3. The number of fused-ring (bicyclic) bond motifs is 1. The predicted octanol–water partition coefficient (Wildman–Crippen LogP) is 4.84. The van der Waals surface area contributed by atoms with E-state index in [-0.39, 0.29) is 17.8 Å². The highest BCUT2D eigenvalue weighted by molar-refractivity contribution is 7.18. The second-order valence-electron chi connectivity index (χ2n) is 6.53. The van der Waals surface area contributed by atoms with Crippen molar-refractivity contribution in [2.24, 2.45) is 0 Å². The fourth-order valence-corrected chi connectivity index (χ4v) is 3.32. The number of hydrogen-bond acceptors (Lipinski definition) is 4. The van der Waals surface area contributed by atoms with Crippen LogP contribution in [0.15, 0.2) is 36.5 Å². The minimum atomic E-state index is -3.31. The molecule has 29 heavy (non-hydrogen) atoms. The van der Waals surface area contributed by atoms with Gasteiger partial charge in [0, 0.05) is 20.2 Å². The first kappa shape index (κ1) is 21.5. The van der Waals surface area contributed by atoms with Crippen LogP contribution in [-0.4, -0.2) is 22.1 Å². The fraction of sp³-hybridized carbons (Fsp3) is 0.263. The van der Waals surface area contributed by atoms with Gasteiger partial charge in [-0.2, -0.15) is 18.4 Å². The molecule has 5 nitrogen and oxygen atoms in total. The highest BCUT2D eigenvalue weighted by atomic mass is 31.0. The van der Waals surface area contributed by atoms with Crippen molar-refractivity contribution >= 4 is 24.0 Å². The molecular formula is C19H18F3N3O2P2. The van der Waals surface area contributed by atoms with Crippen LogP contribution in [0, 0.1) is 11.3 Å². The highest BCUT2D eigenvalue weighted by Gasteiger charge is 2.32. The number of benzene rings is 1. The Morgan fingerprint density at radius 1 is 1.21 bits per heavy atom. The van der Waals surface area contributed by atoms with Crippen LogP contribution in [0.2, 0.25) is 0 Å². The molecule has 0 bridgehead atoms. The Hall–Kier alpha value is -2.19. The summed E-state index contributed by atoms with van der Waals surface area (Å²) in [7, 11) is 4.89. The van der Waals surface area contributed by atoms with Crippen LogP contribution in [0.1, 0.15) is 24.0 Å². The molecule has 0 N–H and O–H groups in total. The maximum absolute atomic E-state index is 14.0. The molecule has 152 valence electrons. The van der Waals surface area contributed by atoms with Gasteiger partial charge in [0.15, 0.2) is 11.5 Å². The topological polar surface area (TPSA) is 59.5 Å². The quantitative estimate of drug-likeness (QED) is 0.516. The van der Waals surface area contributed by atoms with Crippen LogP contribution in [0.4, 0.5) is 13.2 Å². The van der Waals surface area contributed by atoms with Gasteiger partial charge in [-0.15, -0.1) is 0 Å². The standard InChI is InChI=1S/C19H18F3N3O2P2/c1-18(20,28)27-13-4-5-14(12(7-13)10-26-2)11-3-6-16-15(8-23)24-17(19(21,22)29)25(16)9-11/h3-7,9H,10,28-29H2,1-2H3. The largest absolute Gasteiger partial charge is 0.455 e. The molecule has 0 aliphatic carbocycles. The van der Waals surface area contributed by atoms with Crippen molar-refractivity contribution in [3.63, 3.8) is 0 Å².